The van der Waals surface area contributed by atoms with Crippen molar-refractivity contribution < 1.29 is 0 Å². The maximum Gasteiger partial charge on any atom is -0.0193 e. The molecule has 2 rings (SSSR count). The monoisotopic (exact) mass is 135 g/mol. The molecule has 1 radical (unpaired) electrons. The van der Waals surface area contributed by atoms with Gasteiger partial charge < -0.3 is 0 Å². The van der Waals surface area contributed by atoms with E-state index >= 15 is 0 Å². The minimum Gasteiger partial charge on any atom is -0.0848 e. The van der Waals surface area contributed by atoms with E-state index in [1.807, 2.05) is 0 Å². The first kappa shape index (κ1) is 6.45. The average Bonchev–Trinajstić information content (AvgIpc) is 2.44. The van der Waals surface area contributed by atoms with Crippen LogP contribution in [0.5, 0.6) is 0 Å². The number of fused-ring (bicyclic) bond motifs is 2. The quantitative estimate of drug-likeness (QED) is 0.485. The largest absolute Gasteiger partial charge is 0.0848 e. The summed E-state index contributed by atoms with van der Waals surface area (Å²) in [5, 5.41) is 0. The molecule has 0 heterocycles. The summed E-state index contributed by atoms with van der Waals surface area (Å²) in [4.78, 5) is 0. The fourth-order valence-corrected chi connectivity index (χ4v) is 2.33. The molecule has 1 fully saturated rings. The second kappa shape index (κ2) is 2.11. The van der Waals surface area contributed by atoms with Crippen LogP contribution in [0.25, 0.3) is 0 Å². The lowest BCUT2D eigenvalue weighted by molar-refractivity contribution is 0.381. The van der Waals surface area contributed by atoms with Crippen LogP contribution >= 0.6 is 0 Å². The normalized spacial score (nSPS) is 43.7. The van der Waals surface area contributed by atoms with Crippen molar-refractivity contribution >= 4 is 0 Å². The molecule has 3 unspecified atom stereocenters. The highest BCUT2D eigenvalue weighted by Crippen LogP contribution is 2.45. The van der Waals surface area contributed by atoms with Crippen molar-refractivity contribution in [3.05, 3.63) is 18.6 Å². The summed E-state index contributed by atoms with van der Waals surface area (Å²) in [5.74, 6) is 3.46. The van der Waals surface area contributed by atoms with E-state index in [2.05, 4.69) is 32.4 Å². The molecular formula is C10H15. The van der Waals surface area contributed by atoms with Crippen molar-refractivity contribution in [1.82, 2.24) is 0 Å². The first-order valence-electron chi connectivity index (χ1n) is 4.30. The van der Waals surface area contributed by atoms with Gasteiger partial charge in [0, 0.05) is 0 Å². The van der Waals surface area contributed by atoms with E-state index in [0.29, 0.717) is 0 Å². The minimum atomic E-state index is 0.831. The first-order valence-corrected chi connectivity index (χ1v) is 4.30. The molecule has 0 spiro atoms. The van der Waals surface area contributed by atoms with Crippen LogP contribution in [-0.2, 0) is 0 Å². The van der Waals surface area contributed by atoms with E-state index in [1.165, 1.54) is 6.42 Å². The molecule has 0 aromatic rings. The fraction of sp³-hybridized carbons (Fsp3) is 0.700. The molecule has 55 valence electrons. The molecule has 1 saturated carbocycles. The van der Waals surface area contributed by atoms with Crippen LogP contribution < -0.4 is 0 Å². The molecule has 2 aliphatic rings. The Morgan fingerprint density at radius 3 is 2.40 bits per heavy atom. The maximum atomic E-state index is 2.54. The zero-order valence-corrected chi connectivity index (χ0v) is 6.75. The van der Waals surface area contributed by atoms with E-state index in [9.17, 15) is 0 Å². The topological polar surface area (TPSA) is 0 Å². The fourth-order valence-electron chi connectivity index (χ4n) is 2.33. The van der Waals surface area contributed by atoms with Gasteiger partial charge in [0.2, 0.25) is 0 Å². The standard InChI is InChI=1S/C10H15/c1-7(2)10-6-8-3-4-9(10)5-8/h3-4,6-10H,5H2,1-2H3. The van der Waals surface area contributed by atoms with Gasteiger partial charge in [-0.1, -0.05) is 26.0 Å². The molecule has 0 aliphatic heterocycles. The second-order valence-corrected chi connectivity index (χ2v) is 3.96. The molecule has 0 amide bonds. The lowest BCUT2D eigenvalue weighted by Crippen LogP contribution is -2.13. The maximum absolute atomic E-state index is 2.54. The minimum absolute atomic E-state index is 0.831. The van der Waals surface area contributed by atoms with Crippen molar-refractivity contribution in [2.45, 2.75) is 20.3 Å². The van der Waals surface area contributed by atoms with Crippen LogP contribution in [0.3, 0.4) is 0 Å². The molecule has 0 aromatic carbocycles. The average molecular weight is 135 g/mol. The molecule has 2 aliphatic carbocycles. The number of allylic oxidation sites excluding steroid dienone is 2. The summed E-state index contributed by atoms with van der Waals surface area (Å²) < 4.78 is 0. The second-order valence-electron chi connectivity index (χ2n) is 3.96. The lowest BCUT2D eigenvalue weighted by Gasteiger charge is -2.21. The van der Waals surface area contributed by atoms with Crippen LogP contribution in [0.15, 0.2) is 12.2 Å². The third-order valence-electron chi connectivity index (χ3n) is 2.88. The zero-order chi connectivity index (χ0) is 7.14. The van der Waals surface area contributed by atoms with Gasteiger partial charge >= 0.3 is 0 Å². The van der Waals surface area contributed by atoms with E-state index in [0.717, 1.165) is 23.7 Å². The van der Waals surface area contributed by atoms with Gasteiger partial charge in [-0.3, -0.25) is 0 Å². The van der Waals surface area contributed by atoms with Gasteiger partial charge in [0.1, 0.15) is 0 Å². The van der Waals surface area contributed by atoms with Crippen LogP contribution in [0.1, 0.15) is 20.3 Å². The van der Waals surface area contributed by atoms with Gasteiger partial charge in [0.05, 0.1) is 0 Å². The number of rotatable bonds is 1. The van der Waals surface area contributed by atoms with E-state index in [-0.39, 0.29) is 0 Å². The van der Waals surface area contributed by atoms with E-state index < -0.39 is 0 Å². The van der Waals surface area contributed by atoms with Gasteiger partial charge in [-0.15, -0.1) is 0 Å². The van der Waals surface area contributed by atoms with Crippen molar-refractivity contribution in [1.29, 1.82) is 0 Å². The molecule has 0 saturated heterocycles. The van der Waals surface area contributed by atoms with Crippen molar-refractivity contribution in [3.63, 3.8) is 0 Å². The molecular weight excluding hydrogens is 120 g/mol. The summed E-state index contributed by atoms with van der Waals surface area (Å²) in [7, 11) is 0. The molecule has 0 aromatic heterocycles. The highest BCUT2D eigenvalue weighted by molar-refractivity contribution is 5.17. The Hall–Kier alpha value is -0.260. The smallest absolute Gasteiger partial charge is 0.0193 e. The SMILES string of the molecule is CC(C)C1[CH]C2C=CC1C2. The van der Waals surface area contributed by atoms with E-state index in [1.54, 1.807) is 0 Å². The van der Waals surface area contributed by atoms with E-state index in [4.69, 9.17) is 0 Å². The van der Waals surface area contributed by atoms with Crippen LogP contribution in [0.2, 0.25) is 0 Å². The molecule has 3 atom stereocenters. The summed E-state index contributed by atoms with van der Waals surface area (Å²) in [5.41, 5.74) is 0. The van der Waals surface area contributed by atoms with Crippen molar-refractivity contribution in [2.75, 3.05) is 0 Å². The van der Waals surface area contributed by atoms with Crippen LogP contribution in [0, 0.1) is 30.1 Å². The number of hydrogen-bond acceptors (Lipinski definition) is 0. The Bertz CT molecular complexity index is 155. The van der Waals surface area contributed by atoms with Crippen molar-refractivity contribution in [3.8, 4) is 0 Å². The summed E-state index contributed by atoms with van der Waals surface area (Å²) in [6.07, 6.45) is 8.72. The van der Waals surface area contributed by atoms with Gasteiger partial charge in [0.25, 0.3) is 0 Å². The molecule has 0 heteroatoms. The predicted octanol–water partition coefficient (Wildman–Crippen LogP) is 2.67. The molecule has 10 heavy (non-hydrogen) atoms. The highest BCUT2D eigenvalue weighted by Gasteiger charge is 2.36. The van der Waals surface area contributed by atoms with Gasteiger partial charge in [-0.2, -0.15) is 0 Å². The van der Waals surface area contributed by atoms with Gasteiger partial charge in [0.15, 0.2) is 0 Å². The van der Waals surface area contributed by atoms with Crippen LogP contribution in [-0.4, -0.2) is 0 Å². The summed E-state index contributed by atoms with van der Waals surface area (Å²) in [6.45, 7) is 4.66. The van der Waals surface area contributed by atoms with Gasteiger partial charge in [-0.25, -0.2) is 0 Å². The Labute approximate surface area is 63.3 Å². The summed E-state index contributed by atoms with van der Waals surface area (Å²) >= 11 is 0. The summed E-state index contributed by atoms with van der Waals surface area (Å²) in [6, 6.07) is 0. The zero-order valence-electron chi connectivity index (χ0n) is 6.75. The third kappa shape index (κ3) is 0.817. The first-order chi connectivity index (χ1) is 4.77. The Morgan fingerprint density at radius 2 is 2.10 bits per heavy atom. The number of hydrogen-bond donors (Lipinski definition) is 0. The predicted molar refractivity (Wildman–Crippen MR) is 43.4 cm³/mol. The Morgan fingerprint density at radius 1 is 1.30 bits per heavy atom. The third-order valence-corrected chi connectivity index (χ3v) is 2.88. The Balaban J connectivity index is 2.09. The lowest BCUT2D eigenvalue weighted by atomic mass is 9.84. The molecule has 0 N–H and O–H groups in total. The highest BCUT2D eigenvalue weighted by atomic mass is 14.4. The molecule has 0 nitrogen and oxygen atoms in total. The molecule has 2 bridgehead atoms. The van der Waals surface area contributed by atoms with Gasteiger partial charge in [-0.05, 0) is 36.5 Å². The van der Waals surface area contributed by atoms with Crippen molar-refractivity contribution in [2.24, 2.45) is 23.7 Å². The Kier molecular flexibility index (Phi) is 1.36. The van der Waals surface area contributed by atoms with Crippen LogP contribution in [0.4, 0.5) is 0 Å².